The second-order valence-corrected chi connectivity index (χ2v) is 9.00. The van der Waals surface area contributed by atoms with E-state index in [1.807, 2.05) is 28.1 Å². The van der Waals surface area contributed by atoms with Crippen LogP contribution in [0.1, 0.15) is 21.5 Å². The monoisotopic (exact) mass is 374 g/mol. The molecule has 1 heterocycles. The Morgan fingerprint density at radius 3 is 2.54 bits per heavy atom. The SMILES string of the molecule is Cc1ccc(OCC(O)C[N+](C)(C)C)c2c1C(=O)c1ccccc1S2=O. The maximum atomic E-state index is 13.1. The smallest absolute Gasteiger partial charge is 0.195 e. The number of nitrogens with zero attached hydrogens (tertiary/aromatic N) is 1. The molecule has 2 atom stereocenters. The highest BCUT2D eigenvalue weighted by Gasteiger charge is 2.33. The van der Waals surface area contributed by atoms with E-state index in [4.69, 9.17) is 4.74 Å². The largest absolute Gasteiger partial charge is 0.489 e. The van der Waals surface area contributed by atoms with Gasteiger partial charge in [0.15, 0.2) is 5.78 Å². The fourth-order valence-electron chi connectivity index (χ4n) is 3.17. The van der Waals surface area contributed by atoms with Crippen LogP contribution in [0.3, 0.4) is 0 Å². The molecule has 2 aromatic carbocycles. The number of benzene rings is 2. The molecule has 0 spiro atoms. The van der Waals surface area contributed by atoms with Crippen molar-refractivity contribution in [2.45, 2.75) is 22.8 Å². The van der Waals surface area contributed by atoms with Crippen LogP contribution in [0.25, 0.3) is 0 Å². The van der Waals surface area contributed by atoms with Gasteiger partial charge in [-0.3, -0.25) is 4.79 Å². The Kier molecular flexibility index (Phi) is 5.01. The van der Waals surface area contributed by atoms with Crippen molar-refractivity contribution in [1.29, 1.82) is 0 Å². The number of likely N-dealkylation sites (N-methyl/N-ethyl adjacent to an activating group) is 1. The summed E-state index contributed by atoms with van der Waals surface area (Å²) in [7, 11) is 4.47. The molecule has 5 nitrogen and oxygen atoms in total. The van der Waals surface area contributed by atoms with E-state index < -0.39 is 16.9 Å². The minimum Gasteiger partial charge on any atom is -0.489 e. The number of hydrogen-bond donors (Lipinski definition) is 1. The molecule has 0 radical (unpaired) electrons. The Morgan fingerprint density at radius 2 is 1.85 bits per heavy atom. The number of fused-ring (bicyclic) bond motifs is 2. The summed E-state index contributed by atoms with van der Waals surface area (Å²) in [5.41, 5.74) is 1.69. The first-order valence-electron chi connectivity index (χ1n) is 8.49. The number of ether oxygens (including phenoxy) is 1. The number of aryl methyl sites for hydroxylation is 1. The van der Waals surface area contributed by atoms with Crippen molar-refractivity contribution >= 4 is 16.6 Å². The highest BCUT2D eigenvalue weighted by atomic mass is 32.2. The number of aliphatic hydroxyl groups excluding tert-OH is 1. The number of carbonyl (C=O) groups excluding carboxylic acids is 1. The van der Waals surface area contributed by atoms with Crippen molar-refractivity contribution < 1.29 is 23.3 Å². The van der Waals surface area contributed by atoms with Gasteiger partial charge in [0.2, 0.25) is 0 Å². The van der Waals surface area contributed by atoms with Crippen molar-refractivity contribution in [3.8, 4) is 5.75 Å². The Morgan fingerprint density at radius 1 is 1.15 bits per heavy atom. The van der Waals surface area contributed by atoms with E-state index in [0.717, 1.165) is 5.56 Å². The summed E-state index contributed by atoms with van der Waals surface area (Å²) in [5, 5.41) is 10.2. The zero-order valence-corrected chi connectivity index (χ0v) is 16.3. The third-order valence-corrected chi connectivity index (χ3v) is 5.80. The van der Waals surface area contributed by atoms with Crippen LogP contribution in [-0.2, 0) is 10.8 Å². The number of ketones is 1. The molecule has 0 fully saturated rings. The molecule has 6 heteroatoms. The summed E-state index contributed by atoms with van der Waals surface area (Å²) in [5.74, 6) is 0.261. The molecule has 3 rings (SSSR count). The van der Waals surface area contributed by atoms with Crippen molar-refractivity contribution in [2.24, 2.45) is 0 Å². The van der Waals surface area contributed by atoms with E-state index in [9.17, 15) is 14.1 Å². The lowest BCUT2D eigenvalue weighted by Gasteiger charge is -2.27. The van der Waals surface area contributed by atoms with Crippen LogP contribution in [-0.4, -0.2) is 60.0 Å². The van der Waals surface area contributed by atoms with Crippen LogP contribution >= 0.6 is 0 Å². The molecule has 1 N–H and O–H groups in total. The molecule has 1 aliphatic rings. The summed E-state index contributed by atoms with van der Waals surface area (Å²) in [6, 6.07) is 10.5. The summed E-state index contributed by atoms with van der Waals surface area (Å²) in [6.45, 7) is 2.44. The fraction of sp³-hybridized carbons (Fsp3) is 0.350. The minimum atomic E-state index is -1.50. The Balaban J connectivity index is 1.96. The number of aliphatic hydroxyl groups is 1. The molecule has 26 heavy (non-hydrogen) atoms. The maximum absolute atomic E-state index is 13.1. The second kappa shape index (κ2) is 6.95. The highest BCUT2D eigenvalue weighted by molar-refractivity contribution is 7.85. The van der Waals surface area contributed by atoms with E-state index in [0.29, 0.717) is 37.7 Å². The zero-order valence-electron chi connectivity index (χ0n) is 15.5. The molecule has 138 valence electrons. The third kappa shape index (κ3) is 3.58. The topological polar surface area (TPSA) is 63.6 Å². The lowest BCUT2D eigenvalue weighted by Crippen LogP contribution is -2.43. The minimum absolute atomic E-state index is 0.0814. The summed E-state index contributed by atoms with van der Waals surface area (Å²) < 4.78 is 19.5. The Hall–Kier alpha value is -2.02. The lowest BCUT2D eigenvalue weighted by atomic mass is 9.98. The molecular formula is C20H24NO4S+. The first kappa shape index (κ1) is 18.8. The van der Waals surface area contributed by atoms with Gasteiger partial charge in [-0.15, -0.1) is 0 Å². The van der Waals surface area contributed by atoms with Crippen LogP contribution in [0, 0.1) is 6.92 Å². The van der Waals surface area contributed by atoms with E-state index in [-0.39, 0.29) is 12.4 Å². The molecule has 1 aliphatic heterocycles. The fourth-order valence-corrected chi connectivity index (χ4v) is 4.70. The first-order chi connectivity index (χ1) is 12.2. The van der Waals surface area contributed by atoms with Gasteiger partial charge in [0.25, 0.3) is 0 Å². The van der Waals surface area contributed by atoms with Crippen molar-refractivity contribution in [3.63, 3.8) is 0 Å². The normalized spacial score (nSPS) is 17.4. The van der Waals surface area contributed by atoms with Gasteiger partial charge in [-0.25, -0.2) is 4.21 Å². The molecule has 0 aromatic heterocycles. The summed E-state index contributed by atoms with van der Waals surface area (Å²) >= 11 is 0. The standard InChI is InChI=1S/C20H24NO4S/c1-13-9-10-16(25-12-14(22)11-21(2,3)4)20-18(13)19(23)15-7-5-6-8-17(15)26(20)24/h5-10,14,22H,11-12H2,1-4H3/q+1. The van der Waals surface area contributed by atoms with Gasteiger partial charge in [-0.2, -0.15) is 0 Å². The number of carbonyl (C=O) groups is 1. The average molecular weight is 374 g/mol. The number of quaternary nitrogens is 1. The third-order valence-electron chi connectivity index (χ3n) is 4.26. The van der Waals surface area contributed by atoms with Crippen LogP contribution in [0.2, 0.25) is 0 Å². The van der Waals surface area contributed by atoms with Gasteiger partial charge in [0.1, 0.15) is 25.0 Å². The van der Waals surface area contributed by atoms with Crippen molar-refractivity contribution in [3.05, 3.63) is 53.1 Å². The molecule has 0 saturated heterocycles. The molecule has 0 aliphatic carbocycles. The lowest BCUT2D eigenvalue weighted by molar-refractivity contribution is -0.873. The summed E-state index contributed by atoms with van der Waals surface area (Å²) in [4.78, 5) is 13.8. The van der Waals surface area contributed by atoms with Crippen LogP contribution in [0.5, 0.6) is 5.75 Å². The van der Waals surface area contributed by atoms with E-state index in [1.165, 1.54) is 0 Å². The van der Waals surface area contributed by atoms with Gasteiger partial charge in [-0.1, -0.05) is 18.2 Å². The average Bonchev–Trinajstić information content (AvgIpc) is 2.57. The van der Waals surface area contributed by atoms with Crippen LogP contribution in [0.15, 0.2) is 46.2 Å². The molecule has 2 unspecified atom stereocenters. The van der Waals surface area contributed by atoms with Crippen molar-refractivity contribution in [2.75, 3.05) is 34.3 Å². The highest BCUT2D eigenvalue weighted by Crippen LogP contribution is 2.38. The molecule has 2 aromatic rings. The first-order valence-corrected chi connectivity index (χ1v) is 9.64. The van der Waals surface area contributed by atoms with E-state index in [2.05, 4.69) is 0 Å². The maximum Gasteiger partial charge on any atom is 0.195 e. The van der Waals surface area contributed by atoms with Gasteiger partial charge in [0.05, 0.1) is 41.7 Å². The van der Waals surface area contributed by atoms with E-state index >= 15 is 0 Å². The Labute approximate surface area is 156 Å². The molecule has 0 amide bonds. The van der Waals surface area contributed by atoms with Crippen molar-refractivity contribution in [1.82, 2.24) is 0 Å². The van der Waals surface area contributed by atoms with E-state index in [1.54, 1.807) is 36.4 Å². The van der Waals surface area contributed by atoms with Crippen LogP contribution < -0.4 is 4.74 Å². The number of rotatable bonds is 5. The molecular weight excluding hydrogens is 350 g/mol. The van der Waals surface area contributed by atoms with Crippen LogP contribution in [0.4, 0.5) is 0 Å². The van der Waals surface area contributed by atoms with Gasteiger partial charge in [-0.05, 0) is 30.7 Å². The van der Waals surface area contributed by atoms with Gasteiger partial charge < -0.3 is 14.3 Å². The second-order valence-electron chi connectivity index (χ2n) is 7.62. The number of hydrogen-bond acceptors (Lipinski definition) is 4. The zero-order chi connectivity index (χ0) is 19.1. The predicted octanol–water partition coefficient (Wildman–Crippen LogP) is 2.15. The summed E-state index contributed by atoms with van der Waals surface area (Å²) in [6.07, 6.45) is -0.660. The quantitative estimate of drug-likeness (QED) is 0.695. The molecule has 0 saturated carbocycles. The van der Waals surface area contributed by atoms with Gasteiger partial charge in [0, 0.05) is 11.1 Å². The molecule has 0 bridgehead atoms. The predicted molar refractivity (Wildman–Crippen MR) is 100 cm³/mol. The Bertz CT molecular complexity index is 886. The van der Waals surface area contributed by atoms with Gasteiger partial charge >= 0.3 is 0 Å².